The van der Waals surface area contributed by atoms with Crippen LogP contribution in [0.2, 0.25) is 0 Å². The Labute approximate surface area is 130 Å². The molecule has 1 unspecified atom stereocenters. The lowest BCUT2D eigenvalue weighted by Gasteiger charge is -2.33. The predicted octanol–water partition coefficient (Wildman–Crippen LogP) is 2.09. The van der Waals surface area contributed by atoms with Crippen molar-refractivity contribution in [3.63, 3.8) is 0 Å². The molecule has 1 atom stereocenters. The Morgan fingerprint density at radius 1 is 1.18 bits per heavy atom. The van der Waals surface area contributed by atoms with Gasteiger partial charge in [0.1, 0.15) is 0 Å². The summed E-state index contributed by atoms with van der Waals surface area (Å²) in [6.45, 7) is 1.94. The SMILES string of the molecule is O=C(Cc1cccnc1)N1CCOC(Cc2ccccc2)C1. The van der Waals surface area contributed by atoms with Gasteiger partial charge in [0.2, 0.25) is 5.91 Å². The molecule has 2 aromatic rings. The third-order valence-electron chi connectivity index (χ3n) is 3.88. The monoisotopic (exact) mass is 296 g/mol. The minimum atomic E-state index is 0.0778. The van der Waals surface area contributed by atoms with E-state index < -0.39 is 0 Å². The molecular formula is C18H20N2O2. The molecule has 22 heavy (non-hydrogen) atoms. The maximum absolute atomic E-state index is 12.4. The van der Waals surface area contributed by atoms with Crippen LogP contribution in [-0.4, -0.2) is 41.6 Å². The molecule has 0 N–H and O–H groups in total. The molecule has 1 aromatic heterocycles. The number of carbonyl (C=O) groups is 1. The first-order valence-corrected chi connectivity index (χ1v) is 7.63. The van der Waals surface area contributed by atoms with Crippen molar-refractivity contribution < 1.29 is 9.53 Å². The number of carbonyl (C=O) groups excluding carboxylic acids is 1. The normalized spacial score (nSPS) is 18.2. The van der Waals surface area contributed by atoms with E-state index in [2.05, 4.69) is 17.1 Å². The number of hydrogen-bond acceptors (Lipinski definition) is 3. The molecule has 1 aliphatic heterocycles. The van der Waals surface area contributed by atoms with Crippen LogP contribution < -0.4 is 0 Å². The Kier molecular flexibility index (Phi) is 4.81. The zero-order valence-corrected chi connectivity index (χ0v) is 12.5. The molecule has 4 nitrogen and oxygen atoms in total. The number of pyridine rings is 1. The topological polar surface area (TPSA) is 42.4 Å². The highest BCUT2D eigenvalue weighted by molar-refractivity contribution is 5.78. The summed E-state index contributed by atoms with van der Waals surface area (Å²) in [4.78, 5) is 18.4. The Morgan fingerprint density at radius 2 is 2.00 bits per heavy atom. The van der Waals surface area contributed by atoms with Gasteiger partial charge in [0, 0.05) is 31.9 Å². The lowest BCUT2D eigenvalue weighted by atomic mass is 10.1. The lowest BCUT2D eigenvalue weighted by molar-refractivity contribution is -0.138. The fraction of sp³-hybridized carbons (Fsp3) is 0.333. The molecule has 1 aliphatic rings. The number of morpholine rings is 1. The van der Waals surface area contributed by atoms with E-state index in [0.717, 1.165) is 12.0 Å². The van der Waals surface area contributed by atoms with Gasteiger partial charge in [0.25, 0.3) is 0 Å². The molecule has 1 aromatic carbocycles. The summed E-state index contributed by atoms with van der Waals surface area (Å²) >= 11 is 0. The third kappa shape index (κ3) is 3.92. The Morgan fingerprint density at radius 3 is 2.77 bits per heavy atom. The summed E-state index contributed by atoms with van der Waals surface area (Å²) in [6, 6.07) is 14.1. The first kappa shape index (κ1) is 14.7. The molecule has 114 valence electrons. The molecule has 0 saturated carbocycles. The maximum atomic E-state index is 12.4. The van der Waals surface area contributed by atoms with Crippen LogP contribution in [0.1, 0.15) is 11.1 Å². The number of aromatic nitrogens is 1. The summed E-state index contributed by atoms with van der Waals surface area (Å²) in [5.41, 5.74) is 2.20. The number of hydrogen-bond donors (Lipinski definition) is 0. The first-order valence-electron chi connectivity index (χ1n) is 7.63. The largest absolute Gasteiger partial charge is 0.374 e. The van der Waals surface area contributed by atoms with Gasteiger partial charge in [-0.3, -0.25) is 9.78 Å². The van der Waals surface area contributed by atoms with Crippen molar-refractivity contribution in [2.75, 3.05) is 19.7 Å². The van der Waals surface area contributed by atoms with Crippen LogP contribution in [0, 0.1) is 0 Å². The molecule has 4 heteroatoms. The highest BCUT2D eigenvalue weighted by Gasteiger charge is 2.24. The van der Waals surface area contributed by atoms with Crippen LogP contribution in [0.15, 0.2) is 54.9 Å². The maximum Gasteiger partial charge on any atom is 0.227 e. The van der Waals surface area contributed by atoms with E-state index >= 15 is 0 Å². The van der Waals surface area contributed by atoms with Gasteiger partial charge < -0.3 is 9.64 Å². The van der Waals surface area contributed by atoms with Crippen molar-refractivity contribution in [2.45, 2.75) is 18.9 Å². The Hall–Kier alpha value is -2.20. The van der Waals surface area contributed by atoms with E-state index in [1.54, 1.807) is 12.4 Å². The summed E-state index contributed by atoms with van der Waals surface area (Å²) < 4.78 is 5.81. The van der Waals surface area contributed by atoms with Crippen molar-refractivity contribution in [3.05, 3.63) is 66.0 Å². The Balaban J connectivity index is 1.57. The molecular weight excluding hydrogens is 276 g/mol. The van der Waals surface area contributed by atoms with Gasteiger partial charge in [0.05, 0.1) is 19.1 Å². The summed E-state index contributed by atoms with van der Waals surface area (Å²) in [7, 11) is 0. The highest BCUT2D eigenvalue weighted by atomic mass is 16.5. The van der Waals surface area contributed by atoms with Gasteiger partial charge in [-0.1, -0.05) is 36.4 Å². The summed E-state index contributed by atoms with van der Waals surface area (Å²) in [6.07, 6.45) is 4.80. The smallest absolute Gasteiger partial charge is 0.227 e. The number of rotatable bonds is 4. The van der Waals surface area contributed by atoms with Crippen LogP contribution >= 0.6 is 0 Å². The molecule has 1 amide bonds. The Bertz CT molecular complexity index is 601. The second-order valence-electron chi connectivity index (χ2n) is 5.56. The fourth-order valence-electron chi connectivity index (χ4n) is 2.74. The van der Waals surface area contributed by atoms with Crippen molar-refractivity contribution in [3.8, 4) is 0 Å². The fourth-order valence-corrected chi connectivity index (χ4v) is 2.74. The van der Waals surface area contributed by atoms with E-state index in [0.29, 0.717) is 26.1 Å². The zero-order chi connectivity index (χ0) is 15.2. The molecule has 1 fully saturated rings. The van der Waals surface area contributed by atoms with Crippen molar-refractivity contribution in [1.29, 1.82) is 0 Å². The van der Waals surface area contributed by atoms with E-state index in [1.807, 2.05) is 35.2 Å². The van der Waals surface area contributed by atoms with E-state index in [-0.39, 0.29) is 12.0 Å². The molecule has 0 bridgehead atoms. The second-order valence-corrected chi connectivity index (χ2v) is 5.56. The highest BCUT2D eigenvalue weighted by Crippen LogP contribution is 2.13. The predicted molar refractivity (Wildman–Crippen MR) is 84.4 cm³/mol. The number of benzene rings is 1. The van der Waals surface area contributed by atoms with Crippen LogP contribution in [0.3, 0.4) is 0 Å². The minimum absolute atomic E-state index is 0.0778. The number of ether oxygens (including phenoxy) is 1. The van der Waals surface area contributed by atoms with Crippen molar-refractivity contribution in [1.82, 2.24) is 9.88 Å². The van der Waals surface area contributed by atoms with Gasteiger partial charge in [-0.2, -0.15) is 0 Å². The first-order chi connectivity index (χ1) is 10.8. The minimum Gasteiger partial charge on any atom is -0.374 e. The van der Waals surface area contributed by atoms with Crippen LogP contribution in [0.5, 0.6) is 0 Å². The van der Waals surface area contributed by atoms with Gasteiger partial charge in [0.15, 0.2) is 0 Å². The molecule has 3 rings (SSSR count). The molecule has 2 heterocycles. The number of amides is 1. The second kappa shape index (κ2) is 7.18. The van der Waals surface area contributed by atoms with E-state index in [1.165, 1.54) is 5.56 Å². The van der Waals surface area contributed by atoms with Gasteiger partial charge in [-0.25, -0.2) is 0 Å². The molecule has 0 radical (unpaired) electrons. The average molecular weight is 296 g/mol. The standard InChI is InChI=1S/C18H20N2O2/c21-18(12-16-7-4-8-19-13-16)20-9-10-22-17(14-20)11-15-5-2-1-3-6-15/h1-8,13,17H,9-12,14H2. The van der Waals surface area contributed by atoms with Crippen molar-refractivity contribution >= 4 is 5.91 Å². The van der Waals surface area contributed by atoms with E-state index in [4.69, 9.17) is 4.74 Å². The van der Waals surface area contributed by atoms with Crippen LogP contribution in [0.25, 0.3) is 0 Å². The summed E-state index contributed by atoms with van der Waals surface area (Å²) in [5.74, 6) is 0.148. The van der Waals surface area contributed by atoms with Crippen LogP contribution in [0.4, 0.5) is 0 Å². The number of nitrogens with zero attached hydrogens (tertiary/aromatic N) is 2. The van der Waals surface area contributed by atoms with Gasteiger partial charge in [-0.05, 0) is 17.2 Å². The summed E-state index contributed by atoms with van der Waals surface area (Å²) in [5, 5.41) is 0. The quantitative estimate of drug-likeness (QED) is 0.867. The van der Waals surface area contributed by atoms with Crippen molar-refractivity contribution in [2.24, 2.45) is 0 Å². The third-order valence-corrected chi connectivity index (χ3v) is 3.88. The zero-order valence-electron chi connectivity index (χ0n) is 12.5. The molecule has 0 aliphatic carbocycles. The lowest BCUT2D eigenvalue weighted by Crippen LogP contribution is -2.46. The average Bonchev–Trinajstić information content (AvgIpc) is 2.57. The molecule has 0 spiro atoms. The molecule has 1 saturated heterocycles. The van der Waals surface area contributed by atoms with E-state index in [9.17, 15) is 4.79 Å². The van der Waals surface area contributed by atoms with Gasteiger partial charge >= 0.3 is 0 Å². The van der Waals surface area contributed by atoms with Gasteiger partial charge in [-0.15, -0.1) is 0 Å². The van der Waals surface area contributed by atoms with Crippen LogP contribution in [-0.2, 0) is 22.4 Å².